The third-order valence-electron chi connectivity index (χ3n) is 21.5. The van der Waals surface area contributed by atoms with E-state index in [2.05, 4.69) is 32.6 Å². The zero-order chi connectivity index (χ0) is 86.3. The van der Waals surface area contributed by atoms with Crippen LogP contribution in [0, 0.1) is 5.92 Å². The Labute approximate surface area is 703 Å². The van der Waals surface area contributed by atoms with Crippen LogP contribution in [0.4, 0.5) is 14.4 Å². The summed E-state index contributed by atoms with van der Waals surface area (Å²) >= 11 is 0. The van der Waals surface area contributed by atoms with Gasteiger partial charge < -0.3 is 82.4 Å². The molecule has 2 saturated carbocycles. The molecule has 3 saturated heterocycles. The van der Waals surface area contributed by atoms with Crippen LogP contribution in [-0.2, 0) is 83.6 Å². The number of ether oxygens (including phenoxy) is 6. The van der Waals surface area contributed by atoms with E-state index in [9.17, 15) is 56.5 Å². The molecule has 5 aromatic rings. The Morgan fingerprint density at radius 1 is 0.417 bits per heavy atom. The van der Waals surface area contributed by atoms with E-state index in [4.69, 9.17) is 57.1 Å². The van der Waals surface area contributed by atoms with Gasteiger partial charge in [0.1, 0.15) is 76.7 Å². The maximum Gasteiger partial charge on any atom is 0.410 e. The van der Waals surface area contributed by atoms with Crippen LogP contribution >= 0.6 is 0 Å². The summed E-state index contributed by atoms with van der Waals surface area (Å²) in [5.74, 6) is 2.54. The normalized spacial score (nSPS) is 21.0. The summed E-state index contributed by atoms with van der Waals surface area (Å²) in [5, 5.41) is 5.70. The zero-order valence-corrected chi connectivity index (χ0v) is 72.5. The third-order valence-corrected chi connectivity index (χ3v) is 27.2. The highest BCUT2D eigenvalue weighted by Crippen LogP contribution is 2.37. The third kappa shape index (κ3) is 24.6. The Morgan fingerprint density at radius 3 is 1.07 bits per heavy atom. The molecule has 10 aliphatic rings. The summed E-state index contributed by atoms with van der Waals surface area (Å²) in [5.41, 5.74) is 34.7. The van der Waals surface area contributed by atoms with Crippen LogP contribution < -0.4 is 63.0 Å². The van der Waals surface area contributed by atoms with Crippen molar-refractivity contribution in [2.24, 2.45) is 56.6 Å². The second kappa shape index (κ2) is 39.7. The van der Waals surface area contributed by atoms with E-state index in [1.807, 2.05) is 58.9 Å². The molecule has 34 nitrogen and oxygen atoms in total. The molecule has 5 amide bonds. The molecule has 8 aliphatic heterocycles. The highest BCUT2D eigenvalue weighted by molar-refractivity contribution is 7.90. The fraction of sp³-hybridized carbons (Fsp3) is 0.531. The molecule has 39 heteroatoms. The second-order valence-corrected chi connectivity index (χ2v) is 40.1. The minimum absolute atomic E-state index is 0.0202. The Kier molecular flexibility index (Phi) is 30.0. The smallest absolute Gasteiger partial charge is 0.410 e. The highest BCUT2D eigenvalue weighted by atomic mass is 32.2. The van der Waals surface area contributed by atoms with E-state index in [1.165, 1.54) is 38.5 Å². The van der Waals surface area contributed by atoms with Crippen molar-refractivity contribution in [2.45, 2.75) is 209 Å². The number of amidine groups is 5. The Hall–Kier alpha value is -9.99. The molecular formula is C81H111N15O19S5. The lowest BCUT2D eigenvalue weighted by molar-refractivity contribution is 0.0176. The number of rotatable bonds is 17. The molecule has 8 heterocycles. The monoisotopic (exact) mass is 1760 g/mol. The number of nitrogens with zero attached hydrogens (tertiary/aromatic N) is 8. The van der Waals surface area contributed by atoms with Crippen LogP contribution in [0.2, 0.25) is 0 Å². The summed E-state index contributed by atoms with van der Waals surface area (Å²) in [6.45, 7) is 14.6. The van der Waals surface area contributed by atoms with Crippen LogP contribution in [0.3, 0.4) is 0 Å². The topological polar surface area (TPSA) is 503 Å². The lowest BCUT2D eigenvalue weighted by Gasteiger charge is -2.33. The molecule has 5 fully saturated rings. The van der Waals surface area contributed by atoms with E-state index in [1.54, 1.807) is 81.4 Å². The largest absolute Gasteiger partial charge is 0.493 e. The van der Waals surface area contributed by atoms with Gasteiger partial charge in [0.25, 0.3) is 50.1 Å². The van der Waals surface area contributed by atoms with Crippen LogP contribution in [0.25, 0.3) is 0 Å². The SMILES string of the molecule is CC(C)(C)OC(=O)N1CCC(CCOc2cccc3c2C(N)=NS(=O)(=O)C3)CC1.CCCNC(=O)N1CCC[C@@H]1COc1cccc2c1C(N)=NS(=O)(=O)C2.CCNC(=O)N1CCC[C@@H]1COc1cccc2c1C(N)=NS(=O)(=O)C2.NC1=NS(=O)(=O)Cc2cccc(OC3CCCCC3)c21.NC1=NS(=O)(=O)Cc2cccc(OC3CCCCC3)c21. The fourth-order valence-corrected chi connectivity index (χ4v) is 21.4. The molecule has 2 atom stereocenters. The quantitative estimate of drug-likeness (QED) is 0.0458. The second-order valence-electron chi connectivity index (χ2n) is 31.9. The molecular weight excluding hydrogens is 1650 g/mol. The van der Waals surface area contributed by atoms with E-state index >= 15 is 0 Å². The van der Waals surface area contributed by atoms with E-state index in [0.29, 0.717) is 149 Å². The van der Waals surface area contributed by atoms with E-state index < -0.39 is 55.7 Å². The Balaban J connectivity index is 0.000000148. The maximum atomic E-state index is 12.2. The summed E-state index contributed by atoms with van der Waals surface area (Å²) in [6.07, 6.45) is 18.7. The first-order chi connectivity index (χ1) is 57.0. The molecule has 0 spiro atoms. The average Bonchev–Trinajstić information content (AvgIpc) is 1.35. The van der Waals surface area contributed by atoms with Crippen molar-refractivity contribution in [3.8, 4) is 28.7 Å². The summed E-state index contributed by atoms with van der Waals surface area (Å²) in [7, 11) is -17.7. The number of nitrogens with two attached hydrogens (primary N) is 5. The first-order valence-electron chi connectivity index (χ1n) is 40.8. The summed E-state index contributed by atoms with van der Waals surface area (Å²) in [4.78, 5) is 41.8. The molecule has 2 aliphatic carbocycles. The van der Waals surface area contributed by atoms with Gasteiger partial charge in [-0.2, -0.15) is 0 Å². The first-order valence-corrected chi connectivity index (χ1v) is 48.8. The number of nitrogens with one attached hydrogen (secondary N) is 2. The average molecular weight is 1760 g/mol. The van der Waals surface area contributed by atoms with Gasteiger partial charge in [-0.1, -0.05) is 80.4 Å². The van der Waals surface area contributed by atoms with Gasteiger partial charge >= 0.3 is 18.2 Å². The molecule has 0 unspecified atom stereocenters. The van der Waals surface area contributed by atoms with Crippen molar-refractivity contribution in [3.05, 3.63) is 147 Å². The van der Waals surface area contributed by atoms with Crippen LogP contribution in [0.15, 0.2) is 113 Å². The zero-order valence-electron chi connectivity index (χ0n) is 68.4. The lowest BCUT2D eigenvalue weighted by Crippen LogP contribution is -2.45. The minimum atomic E-state index is -3.58. The Bertz CT molecular complexity index is 5220. The number of benzene rings is 5. The molecule has 12 N–H and O–H groups in total. The molecule has 0 aromatic heterocycles. The number of piperidine rings is 1. The standard InChI is InChI=1S/C20H29N3O5S.C17H24N4O4S.C16H22N4O4S.2C14H18N2O3S/c1-20(2,3)28-19(24)23-10-7-14(8-11-23)9-12-27-16-6-4-5-15-13-29(25,26)22-18(21)17(15)16;1-2-8-19-17(22)21-9-4-6-13(21)10-25-14-7-3-5-12-11-26(23,24)20-16(18)15(12)14;1-2-18-16(21)20-8-4-6-12(20)9-24-13-7-3-5-11-10-25(22,23)19-15(17)14(11)13;2*15-14-13-10(9-20(17,18)16-14)5-4-8-12(13)19-11-6-2-1-3-7-11/h4-6,14H,7-13H2,1-3H3,(H2,21,22);3,5,7,13H,2,4,6,8-11H2,1H3,(H2,18,20)(H,19,22);3,5,7,12H,2,4,6,8-10H2,1H3,(H2,17,19)(H,18,21);2*4-5,8,11H,1-3,6-7,9H2,(H2,15,16)/t;13-;12-;;/m.11../s1. The van der Waals surface area contributed by atoms with Crippen LogP contribution in [-0.4, -0.2) is 193 Å². The van der Waals surface area contributed by atoms with E-state index in [0.717, 1.165) is 77.0 Å². The van der Waals surface area contributed by atoms with Gasteiger partial charge in [0.15, 0.2) is 0 Å². The molecule has 5 aromatic carbocycles. The summed E-state index contributed by atoms with van der Waals surface area (Å²) < 4.78 is 170. The maximum absolute atomic E-state index is 12.2. The van der Waals surface area contributed by atoms with Gasteiger partial charge in [0, 0.05) is 39.3 Å². The van der Waals surface area contributed by atoms with Crippen molar-refractivity contribution in [1.29, 1.82) is 0 Å². The Morgan fingerprint density at radius 2 is 0.742 bits per heavy atom. The molecule has 15 rings (SSSR count). The van der Waals surface area contributed by atoms with Crippen molar-refractivity contribution in [1.82, 2.24) is 25.3 Å². The highest BCUT2D eigenvalue weighted by Gasteiger charge is 2.36. The van der Waals surface area contributed by atoms with Crippen molar-refractivity contribution in [3.63, 3.8) is 0 Å². The van der Waals surface area contributed by atoms with Gasteiger partial charge in [-0.15, -0.1) is 22.0 Å². The van der Waals surface area contributed by atoms with Gasteiger partial charge in [-0.25, -0.2) is 56.5 Å². The number of likely N-dealkylation sites (tertiary alicyclic amines) is 3. The molecule has 120 heavy (non-hydrogen) atoms. The van der Waals surface area contributed by atoms with E-state index in [-0.39, 0.29) is 100 Å². The summed E-state index contributed by atoms with van der Waals surface area (Å²) in [6, 6.07) is 26.3. The van der Waals surface area contributed by atoms with Crippen molar-refractivity contribution in [2.75, 3.05) is 59.1 Å². The molecule has 0 radical (unpaired) electrons. The van der Waals surface area contributed by atoms with Gasteiger partial charge in [-0.05, 0) is 194 Å². The van der Waals surface area contributed by atoms with Crippen LogP contribution in [0.5, 0.6) is 28.7 Å². The predicted molar refractivity (Wildman–Crippen MR) is 458 cm³/mol. The number of sulfonamides is 5. The van der Waals surface area contributed by atoms with Crippen molar-refractivity contribution >= 4 is 97.5 Å². The van der Waals surface area contributed by atoms with Gasteiger partial charge in [0.2, 0.25) is 0 Å². The number of hydrogen-bond acceptors (Lipinski definition) is 24. The number of fused-ring (bicyclic) bond motifs is 5. The van der Waals surface area contributed by atoms with Gasteiger partial charge in [-0.3, -0.25) is 0 Å². The number of carbonyl (C=O) groups is 3. The molecule has 654 valence electrons. The first kappa shape index (κ1) is 90.8. The number of hydrogen-bond donors (Lipinski definition) is 7. The number of amides is 5. The predicted octanol–water partition coefficient (Wildman–Crippen LogP) is 8.55. The fourth-order valence-electron chi connectivity index (χ4n) is 15.9. The van der Waals surface area contributed by atoms with Crippen LogP contribution in [0.1, 0.15) is 206 Å². The number of urea groups is 2. The number of carbonyl (C=O) groups excluding carboxylic acids is 3. The minimum Gasteiger partial charge on any atom is -0.493 e. The van der Waals surface area contributed by atoms with Gasteiger partial charge in [0.05, 0.1) is 87.5 Å². The molecule has 0 bridgehead atoms. The van der Waals surface area contributed by atoms with Crippen molar-refractivity contribution < 1.29 is 84.9 Å². The lowest BCUT2D eigenvalue weighted by atomic mass is 9.94.